The average Bonchev–Trinajstić information content (AvgIpc) is 2.61. The van der Waals surface area contributed by atoms with Crippen LogP contribution in [0.1, 0.15) is 28.7 Å². The zero-order chi connectivity index (χ0) is 11.7. The molecule has 4 heteroatoms. The number of fused-ring (bicyclic) bond motifs is 1. The minimum absolute atomic E-state index is 0.317. The van der Waals surface area contributed by atoms with Crippen LogP contribution in [0, 0.1) is 13.8 Å². The van der Waals surface area contributed by atoms with E-state index in [-0.39, 0.29) is 5.97 Å². The summed E-state index contributed by atoms with van der Waals surface area (Å²) in [6.45, 7) is 6.06. The van der Waals surface area contributed by atoms with E-state index in [0.29, 0.717) is 17.8 Å². The van der Waals surface area contributed by atoms with E-state index in [0.717, 1.165) is 11.4 Å². The Hall–Kier alpha value is -1.84. The van der Waals surface area contributed by atoms with Crippen LogP contribution in [0.2, 0.25) is 0 Å². The van der Waals surface area contributed by atoms with E-state index in [2.05, 4.69) is 4.98 Å². The lowest BCUT2D eigenvalue weighted by atomic mass is 10.3. The maximum Gasteiger partial charge on any atom is 0.341 e. The zero-order valence-corrected chi connectivity index (χ0v) is 9.65. The highest BCUT2D eigenvalue weighted by Gasteiger charge is 2.14. The van der Waals surface area contributed by atoms with E-state index in [1.165, 1.54) is 0 Å². The quantitative estimate of drug-likeness (QED) is 0.725. The van der Waals surface area contributed by atoms with Crippen LogP contribution in [-0.2, 0) is 4.74 Å². The maximum absolute atomic E-state index is 11.7. The molecule has 0 aliphatic heterocycles. The van der Waals surface area contributed by atoms with Gasteiger partial charge in [0.1, 0.15) is 5.56 Å². The molecule has 0 aliphatic carbocycles. The van der Waals surface area contributed by atoms with Crippen LogP contribution in [0.4, 0.5) is 0 Å². The molecule has 0 bridgehead atoms. The van der Waals surface area contributed by atoms with Crippen molar-refractivity contribution >= 4 is 11.6 Å². The van der Waals surface area contributed by atoms with Crippen molar-refractivity contribution in [3.05, 3.63) is 35.3 Å². The Kier molecular flexibility index (Phi) is 2.64. The lowest BCUT2D eigenvalue weighted by Gasteiger charge is -2.03. The van der Waals surface area contributed by atoms with Crippen molar-refractivity contribution in [2.45, 2.75) is 20.8 Å². The Balaban J connectivity index is 2.60. The van der Waals surface area contributed by atoms with Gasteiger partial charge in [0.15, 0.2) is 5.65 Å². The fourth-order valence-electron chi connectivity index (χ4n) is 1.76. The SMILES string of the molecule is CCOC(=O)c1ccn2c(C)cc(C)nc12. The molecule has 0 unspecified atom stereocenters. The lowest BCUT2D eigenvalue weighted by molar-refractivity contribution is 0.0528. The Morgan fingerprint density at radius 1 is 1.50 bits per heavy atom. The van der Waals surface area contributed by atoms with Crippen molar-refractivity contribution in [1.29, 1.82) is 0 Å². The maximum atomic E-state index is 11.7. The third kappa shape index (κ3) is 1.66. The minimum atomic E-state index is -0.317. The topological polar surface area (TPSA) is 43.6 Å². The second-order valence-corrected chi connectivity index (χ2v) is 3.68. The highest BCUT2D eigenvalue weighted by atomic mass is 16.5. The lowest BCUT2D eigenvalue weighted by Crippen LogP contribution is -2.05. The molecule has 0 atom stereocenters. The van der Waals surface area contributed by atoms with Gasteiger partial charge in [-0.05, 0) is 32.9 Å². The van der Waals surface area contributed by atoms with Crippen LogP contribution < -0.4 is 0 Å². The molecule has 0 saturated carbocycles. The number of carbonyl (C=O) groups is 1. The van der Waals surface area contributed by atoms with E-state index in [1.54, 1.807) is 13.0 Å². The summed E-state index contributed by atoms with van der Waals surface area (Å²) in [5, 5.41) is 0. The second kappa shape index (κ2) is 3.96. The van der Waals surface area contributed by atoms with E-state index < -0.39 is 0 Å². The van der Waals surface area contributed by atoms with E-state index >= 15 is 0 Å². The van der Waals surface area contributed by atoms with Crippen molar-refractivity contribution < 1.29 is 9.53 Å². The molecule has 2 aromatic heterocycles. The molecule has 0 spiro atoms. The van der Waals surface area contributed by atoms with Gasteiger partial charge in [0.05, 0.1) is 6.61 Å². The molecule has 0 N–H and O–H groups in total. The smallest absolute Gasteiger partial charge is 0.341 e. The second-order valence-electron chi connectivity index (χ2n) is 3.68. The molecule has 4 nitrogen and oxygen atoms in total. The number of rotatable bonds is 2. The third-order valence-corrected chi connectivity index (χ3v) is 2.43. The zero-order valence-electron chi connectivity index (χ0n) is 9.65. The number of carbonyl (C=O) groups excluding carboxylic acids is 1. The average molecular weight is 218 g/mol. The van der Waals surface area contributed by atoms with Crippen molar-refractivity contribution in [3.63, 3.8) is 0 Å². The molecule has 0 radical (unpaired) electrons. The first-order chi connectivity index (χ1) is 7.63. The number of hydrogen-bond acceptors (Lipinski definition) is 3. The van der Waals surface area contributed by atoms with Gasteiger partial charge in [0, 0.05) is 17.6 Å². The van der Waals surface area contributed by atoms with Gasteiger partial charge in [-0.25, -0.2) is 9.78 Å². The van der Waals surface area contributed by atoms with Gasteiger partial charge in [-0.2, -0.15) is 0 Å². The standard InChI is InChI=1S/C12H14N2O2/c1-4-16-12(15)10-5-6-14-9(3)7-8(2)13-11(10)14/h5-7H,4H2,1-3H3. The van der Waals surface area contributed by atoms with Crippen molar-refractivity contribution in [2.24, 2.45) is 0 Å². The first-order valence-electron chi connectivity index (χ1n) is 5.26. The van der Waals surface area contributed by atoms with Crippen LogP contribution in [0.25, 0.3) is 5.65 Å². The van der Waals surface area contributed by atoms with Crippen molar-refractivity contribution in [1.82, 2.24) is 9.38 Å². The molecule has 2 heterocycles. The minimum Gasteiger partial charge on any atom is -0.462 e. The van der Waals surface area contributed by atoms with Crippen LogP contribution >= 0.6 is 0 Å². The molecule has 0 aromatic carbocycles. The fourth-order valence-corrected chi connectivity index (χ4v) is 1.76. The molecule has 0 saturated heterocycles. The number of esters is 1. The molecule has 2 rings (SSSR count). The summed E-state index contributed by atoms with van der Waals surface area (Å²) in [5.41, 5.74) is 3.14. The predicted octanol–water partition coefficient (Wildman–Crippen LogP) is 2.13. The number of aromatic nitrogens is 2. The molecular weight excluding hydrogens is 204 g/mol. The summed E-state index contributed by atoms with van der Waals surface area (Å²) in [7, 11) is 0. The van der Waals surface area contributed by atoms with Gasteiger partial charge in [-0.3, -0.25) is 0 Å². The number of aryl methyl sites for hydroxylation is 2. The molecule has 2 aromatic rings. The highest BCUT2D eigenvalue weighted by molar-refractivity contribution is 5.96. The normalized spacial score (nSPS) is 10.7. The third-order valence-electron chi connectivity index (χ3n) is 2.43. The summed E-state index contributed by atoms with van der Waals surface area (Å²) in [5.74, 6) is -0.317. The molecule has 0 aliphatic rings. The molecule has 0 amide bonds. The number of ether oxygens (including phenoxy) is 1. The number of hydrogen-bond donors (Lipinski definition) is 0. The Morgan fingerprint density at radius 3 is 2.94 bits per heavy atom. The van der Waals surface area contributed by atoms with E-state index in [9.17, 15) is 4.79 Å². The Morgan fingerprint density at radius 2 is 2.25 bits per heavy atom. The van der Waals surface area contributed by atoms with Gasteiger partial charge in [-0.15, -0.1) is 0 Å². The van der Waals surface area contributed by atoms with Gasteiger partial charge in [-0.1, -0.05) is 0 Å². The van der Waals surface area contributed by atoms with Crippen molar-refractivity contribution in [2.75, 3.05) is 6.61 Å². The van der Waals surface area contributed by atoms with Gasteiger partial charge in [0.2, 0.25) is 0 Å². The first kappa shape index (κ1) is 10.7. The summed E-state index contributed by atoms with van der Waals surface area (Å²) in [6.07, 6.45) is 1.84. The van der Waals surface area contributed by atoms with Gasteiger partial charge in [0.25, 0.3) is 0 Å². The van der Waals surface area contributed by atoms with E-state index in [1.807, 2.05) is 30.5 Å². The summed E-state index contributed by atoms with van der Waals surface area (Å²) in [4.78, 5) is 16.0. The molecule has 84 valence electrons. The van der Waals surface area contributed by atoms with Crippen molar-refractivity contribution in [3.8, 4) is 0 Å². The number of nitrogens with zero attached hydrogens (tertiary/aromatic N) is 2. The summed E-state index contributed by atoms with van der Waals surface area (Å²) < 4.78 is 6.87. The van der Waals surface area contributed by atoms with Crippen LogP contribution in [0.15, 0.2) is 18.3 Å². The van der Waals surface area contributed by atoms with Crippen LogP contribution in [-0.4, -0.2) is 22.0 Å². The molecular formula is C12H14N2O2. The molecule has 16 heavy (non-hydrogen) atoms. The fraction of sp³-hybridized carbons (Fsp3) is 0.333. The predicted molar refractivity (Wildman–Crippen MR) is 60.6 cm³/mol. The van der Waals surface area contributed by atoms with Crippen LogP contribution in [0.3, 0.4) is 0 Å². The van der Waals surface area contributed by atoms with Gasteiger partial charge >= 0.3 is 5.97 Å². The van der Waals surface area contributed by atoms with Crippen LogP contribution in [0.5, 0.6) is 0 Å². The monoisotopic (exact) mass is 218 g/mol. The first-order valence-corrected chi connectivity index (χ1v) is 5.26. The largest absolute Gasteiger partial charge is 0.462 e. The molecule has 0 fully saturated rings. The Labute approximate surface area is 93.9 Å². The summed E-state index contributed by atoms with van der Waals surface area (Å²) >= 11 is 0. The summed E-state index contributed by atoms with van der Waals surface area (Å²) in [6, 6.07) is 3.72. The van der Waals surface area contributed by atoms with E-state index in [4.69, 9.17) is 4.74 Å². The Bertz CT molecular complexity index is 543. The highest BCUT2D eigenvalue weighted by Crippen LogP contribution is 2.14. The van der Waals surface area contributed by atoms with Gasteiger partial charge < -0.3 is 9.14 Å².